The average molecular weight is 335 g/mol. The van der Waals surface area contributed by atoms with Crippen LogP contribution in [0.15, 0.2) is 54.2 Å². The summed E-state index contributed by atoms with van der Waals surface area (Å²) in [5, 5.41) is 11.0. The summed E-state index contributed by atoms with van der Waals surface area (Å²) in [7, 11) is 0. The lowest BCUT2D eigenvalue weighted by atomic mass is 10.2. The molecular weight excluding hydrogens is 318 g/mol. The first kappa shape index (κ1) is 15.0. The van der Waals surface area contributed by atoms with Crippen LogP contribution in [0.4, 0.5) is 0 Å². The van der Waals surface area contributed by atoms with Crippen LogP contribution in [0.1, 0.15) is 16.3 Å². The number of rotatable bonds is 5. The zero-order valence-electron chi connectivity index (χ0n) is 13.3. The van der Waals surface area contributed by atoms with Crippen LogP contribution < -0.4 is 5.32 Å². The first-order valence-electron chi connectivity index (χ1n) is 7.79. The lowest BCUT2D eigenvalue weighted by Crippen LogP contribution is -2.13. The van der Waals surface area contributed by atoms with Crippen LogP contribution in [0.5, 0.6) is 0 Å². The summed E-state index contributed by atoms with van der Waals surface area (Å²) in [6.07, 6.45) is 3.90. The predicted molar refractivity (Wildman–Crippen MR) is 95.8 cm³/mol. The molecule has 0 spiro atoms. The Labute approximate surface area is 144 Å². The van der Waals surface area contributed by atoms with Crippen LogP contribution in [0.3, 0.4) is 0 Å². The minimum atomic E-state index is 0.738. The second kappa shape index (κ2) is 6.51. The summed E-state index contributed by atoms with van der Waals surface area (Å²) >= 11 is 1.68. The van der Waals surface area contributed by atoms with Crippen LogP contribution in [0.2, 0.25) is 0 Å². The molecule has 0 fully saturated rings. The summed E-state index contributed by atoms with van der Waals surface area (Å²) < 4.78 is 1.82. The zero-order chi connectivity index (χ0) is 16.4. The standard InChI is InChI=1S/C18H17N5S/c1-13-7-17-20-9-14(11-23(17)22-13)8-19-10-18-21-16(12-24-18)15-5-3-2-4-6-15/h2-7,9,11-12,19H,8,10H2,1H3. The van der Waals surface area contributed by atoms with Gasteiger partial charge in [-0.15, -0.1) is 11.3 Å². The Morgan fingerprint density at radius 3 is 2.92 bits per heavy atom. The third-order valence-electron chi connectivity index (χ3n) is 3.72. The molecule has 3 aromatic heterocycles. The van der Waals surface area contributed by atoms with Crippen molar-refractivity contribution in [3.05, 3.63) is 70.4 Å². The van der Waals surface area contributed by atoms with Crippen molar-refractivity contribution in [2.45, 2.75) is 20.0 Å². The summed E-state index contributed by atoms with van der Waals surface area (Å²) in [5.41, 5.74) is 5.15. The molecule has 120 valence electrons. The van der Waals surface area contributed by atoms with Gasteiger partial charge in [-0.25, -0.2) is 14.5 Å². The molecule has 0 saturated heterocycles. The van der Waals surface area contributed by atoms with Crippen molar-refractivity contribution in [3.8, 4) is 11.3 Å². The van der Waals surface area contributed by atoms with Gasteiger partial charge in [0.05, 0.1) is 11.4 Å². The number of hydrogen-bond donors (Lipinski definition) is 1. The molecule has 1 N–H and O–H groups in total. The number of aryl methyl sites for hydroxylation is 1. The summed E-state index contributed by atoms with van der Waals surface area (Å²) in [4.78, 5) is 9.11. The molecule has 0 unspecified atom stereocenters. The SMILES string of the molecule is Cc1cc2ncc(CNCc3nc(-c4ccccc4)cs3)cn2n1. The van der Waals surface area contributed by atoms with Gasteiger partial charge in [0.2, 0.25) is 0 Å². The van der Waals surface area contributed by atoms with Gasteiger partial charge in [0.15, 0.2) is 5.65 Å². The van der Waals surface area contributed by atoms with E-state index in [9.17, 15) is 0 Å². The number of benzene rings is 1. The van der Waals surface area contributed by atoms with Gasteiger partial charge in [-0.2, -0.15) is 5.10 Å². The van der Waals surface area contributed by atoms with Crippen molar-refractivity contribution in [1.82, 2.24) is 24.9 Å². The van der Waals surface area contributed by atoms with E-state index in [1.165, 1.54) is 0 Å². The summed E-state index contributed by atoms with van der Waals surface area (Å²) in [5.74, 6) is 0. The fraction of sp³-hybridized carbons (Fsp3) is 0.167. The molecule has 0 aliphatic rings. The second-order valence-electron chi connectivity index (χ2n) is 5.65. The third kappa shape index (κ3) is 3.20. The van der Waals surface area contributed by atoms with Crippen LogP contribution in [-0.2, 0) is 13.1 Å². The molecule has 0 aliphatic heterocycles. The van der Waals surface area contributed by atoms with Gasteiger partial charge < -0.3 is 5.32 Å². The van der Waals surface area contributed by atoms with E-state index in [2.05, 4.69) is 37.9 Å². The minimum absolute atomic E-state index is 0.738. The number of fused-ring (bicyclic) bond motifs is 1. The Bertz CT molecular complexity index is 958. The Morgan fingerprint density at radius 1 is 1.17 bits per heavy atom. The van der Waals surface area contributed by atoms with Crippen molar-refractivity contribution < 1.29 is 0 Å². The first-order chi connectivity index (χ1) is 11.8. The molecule has 0 bridgehead atoms. The van der Waals surface area contributed by atoms with E-state index in [1.807, 2.05) is 48.1 Å². The molecule has 24 heavy (non-hydrogen) atoms. The molecule has 4 aromatic rings. The van der Waals surface area contributed by atoms with Crippen LogP contribution in [-0.4, -0.2) is 19.6 Å². The predicted octanol–water partition coefficient (Wildman–Crippen LogP) is 3.45. The summed E-state index contributed by atoms with van der Waals surface area (Å²) in [6, 6.07) is 12.2. The smallest absolute Gasteiger partial charge is 0.155 e. The van der Waals surface area contributed by atoms with E-state index in [1.54, 1.807) is 11.3 Å². The molecular formula is C18H17N5S. The van der Waals surface area contributed by atoms with E-state index in [-0.39, 0.29) is 0 Å². The average Bonchev–Trinajstić information content (AvgIpc) is 3.21. The number of thiazole rings is 1. The highest BCUT2D eigenvalue weighted by Gasteiger charge is 2.05. The van der Waals surface area contributed by atoms with Gasteiger partial charge in [-0.05, 0) is 6.92 Å². The van der Waals surface area contributed by atoms with E-state index in [0.717, 1.165) is 46.3 Å². The van der Waals surface area contributed by atoms with Gasteiger partial charge in [0.25, 0.3) is 0 Å². The third-order valence-corrected chi connectivity index (χ3v) is 4.56. The lowest BCUT2D eigenvalue weighted by Gasteiger charge is -2.03. The van der Waals surface area contributed by atoms with Crippen LogP contribution >= 0.6 is 11.3 Å². The highest BCUT2D eigenvalue weighted by molar-refractivity contribution is 7.09. The van der Waals surface area contributed by atoms with Crippen LogP contribution in [0, 0.1) is 6.92 Å². The zero-order valence-corrected chi connectivity index (χ0v) is 14.1. The number of aromatic nitrogens is 4. The van der Waals surface area contributed by atoms with Gasteiger partial charge in [-0.1, -0.05) is 30.3 Å². The monoisotopic (exact) mass is 335 g/mol. The Hall–Kier alpha value is -2.57. The summed E-state index contributed by atoms with van der Waals surface area (Å²) in [6.45, 7) is 3.45. The topological polar surface area (TPSA) is 55.1 Å². The molecule has 4 rings (SSSR count). The fourth-order valence-corrected chi connectivity index (χ4v) is 3.35. The maximum Gasteiger partial charge on any atom is 0.155 e. The molecule has 0 saturated carbocycles. The van der Waals surface area contributed by atoms with Crippen molar-refractivity contribution in [3.63, 3.8) is 0 Å². The maximum absolute atomic E-state index is 4.69. The number of nitrogens with one attached hydrogen (secondary N) is 1. The van der Waals surface area contributed by atoms with Crippen molar-refractivity contribution >= 4 is 17.0 Å². The van der Waals surface area contributed by atoms with E-state index < -0.39 is 0 Å². The molecule has 6 heteroatoms. The largest absolute Gasteiger partial charge is 0.306 e. The Balaban J connectivity index is 1.39. The lowest BCUT2D eigenvalue weighted by molar-refractivity contribution is 0.683. The highest BCUT2D eigenvalue weighted by Crippen LogP contribution is 2.21. The highest BCUT2D eigenvalue weighted by atomic mass is 32.1. The molecule has 5 nitrogen and oxygen atoms in total. The van der Waals surface area contributed by atoms with Crippen molar-refractivity contribution in [1.29, 1.82) is 0 Å². The minimum Gasteiger partial charge on any atom is -0.306 e. The number of hydrogen-bond acceptors (Lipinski definition) is 5. The maximum atomic E-state index is 4.69. The van der Waals surface area contributed by atoms with E-state index >= 15 is 0 Å². The molecule has 1 aromatic carbocycles. The van der Waals surface area contributed by atoms with Crippen molar-refractivity contribution in [2.75, 3.05) is 0 Å². The van der Waals surface area contributed by atoms with Gasteiger partial charge in [-0.3, -0.25) is 0 Å². The van der Waals surface area contributed by atoms with Gasteiger partial charge in [0.1, 0.15) is 5.01 Å². The molecule has 0 amide bonds. The first-order valence-corrected chi connectivity index (χ1v) is 8.67. The van der Waals surface area contributed by atoms with E-state index in [0.29, 0.717) is 0 Å². The normalized spacial score (nSPS) is 11.2. The fourth-order valence-electron chi connectivity index (χ4n) is 2.57. The van der Waals surface area contributed by atoms with Gasteiger partial charge in [0, 0.05) is 48.1 Å². The van der Waals surface area contributed by atoms with Gasteiger partial charge >= 0.3 is 0 Å². The molecule has 0 radical (unpaired) electrons. The van der Waals surface area contributed by atoms with Crippen LogP contribution in [0.25, 0.3) is 16.9 Å². The Morgan fingerprint density at radius 2 is 2.04 bits per heavy atom. The van der Waals surface area contributed by atoms with E-state index in [4.69, 9.17) is 0 Å². The molecule has 0 aliphatic carbocycles. The molecule has 0 atom stereocenters. The second-order valence-corrected chi connectivity index (χ2v) is 6.59. The van der Waals surface area contributed by atoms with Crippen molar-refractivity contribution in [2.24, 2.45) is 0 Å². The quantitative estimate of drug-likeness (QED) is 0.607. The Kier molecular flexibility index (Phi) is 4.06. The number of nitrogens with zero attached hydrogens (tertiary/aromatic N) is 4. The molecule has 3 heterocycles.